The van der Waals surface area contributed by atoms with Crippen molar-refractivity contribution in [1.82, 2.24) is 4.57 Å². The molecule has 1 aliphatic carbocycles. The molecule has 10 heteroatoms. The minimum Gasteiger partial charge on any atom is -0.494 e. The SMILES string of the molecule is COc1c(-c2cc3c(s2)S(O)(O)CCC3O)ccc2c(=O)c(C(=O)O)cn(C3CC3)c12. The third-order valence-corrected chi connectivity index (χ3v) is 9.51. The Morgan fingerprint density at radius 3 is 2.61 bits per heavy atom. The first-order valence-corrected chi connectivity index (χ1v) is 12.3. The molecule has 31 heavy (non-hydrogen) atoms. The molecule has 0 amide bonds. The Bertz CT molecular complexity index is 1290. The number of methoxy groups -OCH3 is 1. The molecule has 1 aliphatic heterocycles. The lowest BCUT2D eigenvalue weighted by Gasteiger charge is -2.37. The van der Waals surface area contributed by atoms with Crippen LogP contribution in [-0.4, -0.2) is 42.7 Å². The number of rotatable bonds is 4. The van der Waals surface area contributed by atoms with E-state index in [0.29, 0.717) is 31.5 Å². The van der Waals surface area contributed by atoms with Crippen LogP contribution in [0.1, 0.15) is 47.3 Å². The zero-order valence-corrected chi connectivity index (χ0v) is 18.2. The number of thiophene rings is 1. The molecule has 4 N–H and O–H groups in total. The van der Waals surface area contributed by atoms with E-state index in [1.807, 2.05) is 0 Å². The van der Waals surface area contributed by atoms with Crippen LogP contribution >= 0.6 is 21.9 Å². The quantitative estimate of drug-likeness (QED) is 0.453. The van der Waals surface area contributed by atoms with Crippen molar-refractivity contribution in [2.24, 2.45) is 0 Å². The summed E-state index contributed by atoms with van der Waals surface area (Å²) < 4.78 is 28.8. The maximum absolute atomic E-state index is 12.8. The number of carbonyl (C=O) groups is 1. The second-order valence-electron chi connectivity index (χ2n) is 7.89. The van der Waals surface area contributed by atoms with Crippen molar-refractivity contribution in [2.75, 3.05) is 12.9 Å². The van der Waals surface area contributed by atoms with Gasteiger partial charge in [0.15, 0.2) is 5.75 Å². The molecule has 1 fully saturated rings. The normalized spacial score (nSPS) is 21.0. The van der Waals surface area contributed by atoms with Gasteiger partial charge >= 0.3 is 5.97 Å². The Morgan fingerprint density at radius 1 is 1.26 bits per heavy atom. The highest BCUT2D eigenvalue weighted by Crippen LogP contribution is 2.60. The molecule has 5 rings (SSSR count). The van der Waals surface area contributed by atoms with Gasteiger partial charge < -0.3 is 19.5 Å². The average Bonchev–Trinajstić information content (AvgIpc) is 3.47. The van der Waals surface area contributed by atoms with Crippen LogP contribution in [0.5, 0.6) is 5.75 Å². The zero-order chi connectivity index (χ0) is 22.1. The topological polar surface area (TPSA) is 129 Å². The van der Waals surface area contributed by atoms with Gasteiger partial charge in [0.05, 0.1) is 24.1 Å². The van der Waals surface area contributed by atoms with Gasteiger partial charge in [0.25, 0.3) is 0 Å². The maximum atomic E-state index is 12.8. The molecule has 0 bridgehead atoms. The Labute approximate surface area is 182 Å². The maximum Gasteiger partial charge on any atom is 0.341 e. The van der Waals surface area contributed by atoms with Gasteiger partial charge in [0, 0.05) is 34.0 Å². The lowest BCUT2D eigenvalue weighted by molar-refractivity contribution is 0.0694. The summed E-state index contributed by atoms with van der Waals surface area (Å²) in [5.74, 6) is -0.729. The molecule has 2 aliphatic rings. The third-order valence-electron chi connectivity index (χ3n) is 5.84. The number of pyridine rings is 1. The predicted molar refractivity (Wildman–Crippen MR) is 119 cm³/mol. The predicted octanol–water partition coefficient (Wildman–Crippen LogP) is 4.32. The number of benzene rings is 1. The molecule has 3 aromatic rings. The van der Waals surface area contributed by atoms with E-state index in [1.165, 1.54) is 24.6 Å². The van der Waals surface area contributed by atoms with E-state index in [-0.39, 0.29) is 29.2 Å². The highest BCUT2D eigenvalue weighted by molar-refractivity contribution is 8.25. The molecule has 1 atom stereocenters. The number of aliphatic hydroxyl groups excluding tert-OH is 1. The lowest BCUT2D eigenvalue weighted by atomic mass is 10.0. The number of carboxylic acids is 1. The van der Waals surface area contributed by atoms with E-state index in [0.717, 1.165) is 12.8 Å². The van der Waals surface area contributed by atoms with Crippen molar-refractivity contribution in [2.45, 2.75) is 35.6 Å². The number of aromatic nitrogens is 1. The minimum absolute atomic E-state index is 0.0932. The van der Waals surface area contributed by atoms with Gasteiger partial charge in [-0.25, -0.2) is 4.79 Å². The van der Waals surface area contributed by atoms with Gasteiger partial charge in [-0.05, 0) is 37.5 Å². The van der Waals surface area contributed by atoms with Gasteiger partial charge in [-0.15, -0.1) is 11.3 Å². The molecule has 1 aromatic carbocycles. The van der Waals surface area contributed by atoms with Crippen molar-refractivity contribution in [3.8, 4) is 16.2 Å². The number of aromatic carboxylic acids is 1. The number of fused-ring (bicyclic) bond motifs is 2. The summed E-state index contributed by atoms with van der Waals surface area (Å²) in [5.41, 5.74) is 0.830. The molecule has 3 heterocycles. The van der Waals surface area contributed by atoms with Crippen molar-refractivity contribution in [3.05, 3.63) is 45.7 Å². The number of hydrogen-bond acceptors (Lipinski definition) is 7. The Hall–Kier alpha value is -2.37. The number of hydrogen-bond donors (Lipinski definition) is 4. The summed E-state index contributed by atoms with van der Waals surface area (Å²) in [6, 6.07) is 5.11. The van der Waals surface area contributed by atoms with Gasteiger partial charge in [-0.1, -0.05) is 0 Å². The highest BCUT2D eigenvalue weighted by atomic mass is 32.3. The molecule has 0 radical (unpaired) electrons. The molecular weight excluding hydrogens is 442 g/mol. The fourth-order valence-electron chi connectivity index (χ4n) is 4.14. The molecule has 164 valence electrons. The zero-order valence-electron chi connectivity index (χ0n) is 16.6. The summed E-state index contributed by atoms with van der Waals surface area (Å²) in [5, 5.41) is 20.1. The molecule has 2 aromatic heterocycles. The van der Waals surface area contributed by atoms with Crippen molar-refractivity contribution >= 4 is 38.8 Å². The summed E-state index contributed by atoms with van der Waals surface area (Å²) >= 11 is 1.19. The third kappa shape index (κ3) is 3.17. The average molecular weight is 464 g/mol. The van der Waals surface area contributed by atoms with E-state index in [4.69, 9.17) is 4.74 Å². The Morgan fingerprint density at radius 2 is 2.00 bits per heavy atom. The largest absolute Gasteiger partial charge is 0.494 e. The molecule has 0 saturated heterocycles. The number of nitrogens with zero attached hydrogens (tertiary/aromatic N) is 1. The number of ether oxygens (including phenoxy) is 1. The molecule has 0 spiro atoms. The Balaban J connectivity index is 1.79. The minimum atomic E-state index is -2.96. The Kier molecular flexibility index (Phi) is 4.68. The lowest BCUT2D eigenvalue weighted by Crippen LogP contribution is -2.19. The number of aliphatic hydroxyl groups is 1. The van der Waals surface area contributed by atoms with Crippen LogP contribution < -0.4 is 10.2 Å². The number of carboxylic acid groups (broad SMARTS) is 1. The van der Waals surface area contributed by atoms with E-state index >= 15 is 0 Å². The molecule has 8 nitrogen and oxygen atoms in total. The molecule has 1 saturated carbocycles. The van der Waals surface area contributed by atoms with Crippen LogP contribution in [0.2, 0.25) is 0 Å². The van der Waals surface area contributed by atoms with Crippen molar-refractivity contribution < 1.29 is 28.8 Å². The summed E-state index contributed by atoms with van der Waals surface area (Å²) in [6.07, 6.45) is 2.65. The fraction of sp³-hybridized carbons (Fsp3) is 0.333. The van der Waals surface area contributed by atoms with Crippen molar-refractivity contribution in [3.63, 3.8) is 0 Å². The van der Waals surface area contributed by atoms with Crippen LogP contribution in [0.3, 0.4) is 0 Å². The van der Waals surface area contributed by atoms with E-state index < -0.39 is 28.1 Å². The smallest absolute Gasteiger partial charge is 0.341 e. The van der Waals surface area contributed by atoms with Crippen LogP contribution in [0.4, 0.5) is 0 Å². The van der Waals surface area contributed by atoms with Crippen LogP contribution in [0.15, 0.2) is 33.4 Å². The first kappa shape index (κ1) is 20.5. The van der Waals surface area contributed by atoms with Crippen molar-refractivity contribution in [1.29, 1.82) is 0 Å². The van der Waals surface area contributed by atoms with Crippen LogP contribution in [0, 0.1) is 0 Å². The molecule has 1 unspecified atom stereocenters. The summed E-state index contributed by atoms with van der Waals surface area (Å²) in [7, 11) is -1.47. The van der Waals surface area contributed by atoms with Gasteiger partial charge in [-0.3, -0.25) is 13.9 Å². The van der Waals surface area contributed by atoms with Crippen LogP contribution in [-0.2, 0) is 0 Å². The van der Waals surface area contributed by atoms with E-state index in [9.17, 15) is 28.9 Å². The van der Waals surface area contributed by atoms with Gasteiger partial charge in [0.2, 0.25) is 5.43 Å². The first-order valence-electron chi connectivity index (χ1n) is 9.80. The first-order chi connectivity index (χ1) is 14.7. The van der Waals surface area contributed by atoms with Gasteiger partial charge in [0.1, 0.15) is 9.77 Å². The molecular formula is C21H21NO7S2. The summed E-state index contributed by atoms with van der Waals surface area (Å²) in [6.45, 7) is 0. The standard InChI is InChI=1S/C21H21NO7S2/c1-29-19-11(16-8-13-15(23)6-7-31(27,28)21(13)30-16)4-5-12-17(19)22(10-2-3-10)9-14(18(12)24)20(25)26/h4-5,8-10,15,23,27-28H,2-3,6-7H2,1H3,(H,25,26). The van der Waals surface area contributed by atoms with Crippen LogP contribution in [0.25, 0.3) is 21.3 Å². The van der Waals surface area contributed by atoms with E-state index in [2.05, 4.69) is 0 Å². The monoisotopic (exact) mass is 463 g/mol. The van der Waals surface area contributed by atoms with E-state index in [1.54, 1.807) is 22.8 Å². The highest BCUT2D eigenvalue weighted by Gasteiger charge is 2.34. The van der Waals surface area contributed by atoms with Gasteiger partial charge in [-0.2, -0.15) is 10.6 Å². The second-order valence-corrected chi connectivity index (χ2v) is 11.3. The second kappa shape index (κ2) is 7.07. The fourth-order valence-corrected chi connectivity index (χ4v) is 7.48. The summed E-state index contributed by atoms with van der Waals surface area (Å²) in [4.78, 5) is 25.1.